The fraction of sp³-hybridized carbons (Fsp3) is 0.294. The van der Waals surface area contributed by atoms with Crippen molar-refractivity contribution >= 4 is 11.6 Å². The number of aromatic nitrogens is 1. The van der Waals surface area contributed by atoms with Gasteiger partial charge in [-0.15, -0.1) is 0 Å². The molecule has 2 rings (SSSR count). The van der Waals surface area contributed by atoms with Gasteiger partial charge in [0.2, 0.25) is 0 Å². The Balaban J connectivity index is 1.81. The van der Waals surface area contributed by atoms with Gasteiger partial charge in [-0.25, -0.2) is 4.98 Å². The smallest absolute Gasteiger partial charge is 0.269 e. The van der Waals surface area contributed by atoms with Gasteiger partial charge in [0.25, 0.3) is 5.91 Å². The summed E-state index contributed by atoms with van der Waals surface area (Å²) < 4.78 is 0. The minimum absolute atomic E-state index is 0.127. The summed E-state index contributed by atoms with van der Waals surface area (Å²) in [6.07, 6.45) is 2.56. The van der Waals surface area contributed by atoms with Crippen LogP contribution in [0.1, 0.15) is 35.3 Å². The lowest BCUT2D eigenvalue weighted by atomic mass is 9.98. The van der Waals surface area contributed by atoms with Crippen molar-refractivity contribution in [3.63, 3.8) is 0 Å². The van der Waals surface area contributed by atoms with Crippen LogP contribution in [0.25, 0.3) is 0 Å². The van der Waals surface area contributed by atoms with Crippen LogP contribution < -0.4 is 10.6 Å². The number of nitrogens with one attached hydrogen (secondary N) is 2. The van der Waals surface area contributed by atoms with Gasteiger partial charge >= 0.3 is 0 Å². The van der Waals surface area contributed by atoms with Crippen LogP contribution in [-0.2, 0) is 0 Å². The van der Waals surface area contributed by atoms with E-state index < -0.39 is 0 Å². The van der Waals surface area contributed by atoms with Crippen molar-refractivity contribution in [3.8, 4) is 0 Å². The lowest BCUT2D eigenvalue weighted by molar-refractivity contribution is 0.0947. The molecule has 0 aliphatic carbocycles. The van der Waals surface area contributed by atoms with Crippen LogP contribution in [0.3, 0.4) is 0 Å². The number of hydrogen-bond acceptors (Lipinski definition) is 3. The number of hydrogen-bond donors (Lipinski definition) is 2. The number of anilines is 1. The summed E-state index contributed by atoms with van der Waals surface area (Å²) in [6.45, 7) is 2.81. The van der Waals surface area contributed by atoms with Gasteiger partial charge in [0.15, 0.2) is 0 Å². The van der Waals surface area contributed by atoms with E-state index in [0.29, 0.717) is 18.2 Å². The van der Waals surface area contributed by atoms with Gasteiger partial charge in [-0.05, 0) is 30.0 Å². The van der Waals surface area contributed by atoms with Crippen molar-refractivity contribution in [2.75, 3.05) is 18.9 Å². The molecular weight excluding hydrogens is 262 g/mol. The molecule has 0 aliphatic heterocycles. The highest BCUT2D eigenvalue weighted by Crippen LogP contribution is 2.17. The van der Waals surface area contributed by atoms with Crippen LogP contribution in [0, 0.1) is 0 Å². The molecule has 4 nitrogen and oxygen atoms in total. The Morgan fingerprint density at radius 3 is 2.57 bits per heavy atom. The molecule has 0 bridgehead atoms. The predicted molar refractivity (Wildman–Crippen MR) is 85.6 cm³/mol. The van der Waals surface area contributed by atoms with Crippen LogP contribution >= 0.6 is 0 Å². The average Bonchev–Trinajstić information content (AvgIpc) is 2.55. The van der Waals surface area contributed by atoms with E-state index in [4.69, 9.17) is 0 Å². The van der Waals surface area contributed by atoms with E-state index in [-0.39, 0.29) is 5.91 Å². The minimum atomic E-state index is -0.127. The van der Waals surface area contributed by atoms with Crippen LogP contribution in [0.15, 0.2) is 48.7 Å². The zero-order chi connectivity index (χ0) is 15.1. The molecule has 1 heterocycles. The zero-order valence-corrected chi connectivity index (χ0v) is 12.5. The Bertz CT molecular complexity index is 566. The minimum Gasteiger partial charge on any atom is -0.387 e. The Hall–Kier alpha value is -2.36. The molecular formula is C17H21N3O. The third-order valence-corrected chi connectivity index (χ3v) is 3.52. The lowest BCUT2D eigenvalue weighted by Crippen LogP contribution is -2.26. The van der Waals surface area contributed by atoms with E-state index in [0.717, 1.165) is 12.1 Å². The van der Waals surface area contributed by atoms with Gasteiger partial charge in [-0.1, -0.05) is 37.3 Å². The number of nitrogens with zero attached hydrogens (tertiary/aromatic N) is 1. The summed E-state index contributed by atoms with van der Waals surface area (Å²) in [5.41, 5.74) is 2.63. The first-order chi connectivity index (χ1) is 10.2. The highest BCUT2D eigenvalue weighted by Gasteiger charge is 2.08. The van der Waals surface area contributed by atoms with Crippen LogP contribution in [0.5, 0.6) is 0 Å². The monoisotopic (exact) mass is 283 g/mol. The molecule has 1 atom stereocenters. The molecule has 0 fully saturated rings. The van der Waals surface area contributed by atoms with Gasteiger partial charge in [-0.3, -0.25) is 4.79 Å². The maximum Gasteiger partial charge on any atom is 0.269 e. The molecule has 2 N–H and O–H groups in total. The molecule has 0 radical (unpaired) electrons. The number of amides is 1. The second kappa shape index (κ2) is 7.43. The Labute approximate surface area is 125 Å². The Morgan fingerprint density at radius 2 is 1.95 bits per heavy atom. The molecule has 1 aromatic heterocycles. The predicted octanol–water partition coefficient (Wildman–Crippen LogP) is 3.05. The first-order valence-electron chi connectivity index (χ1n) is 7.17. The van der Waals surface area contributed by atoms with E-state index in [9.17, 15) is 4.79 Å². The van der Waals surface area contributed by atoms with Crippen molar-refractivity contribution in [2.45, 2.75) is 19.3 Å². The first-order valence-corrected chi connectivity index (χ1v) is 7.17. The summed E-state index contributed by atoms with van der Waals surface area (Å²) in [5.74, 6) is 0.295. The van der Waals surface area contributed by atoms with E-state index >= 15 is 0 Å². The highest BCUT2D eigenvalue weighted by atomic mass is 16.1. The van der Waals surface area contributed by atoms with Gasteiger partial charge < -0.3 is 10.6 Å². The quantitative estimate of drug-likeness (QED) is 0.856. The number of carbonyl (C=O) groups excluding carboxylic acids is 1. The largest absolute Gasteiger partial charge is 0.387 e. The first kappa shape index (κ1) is 15.0. The van der Waals surface area contributed by atoms with Gasteiger partial charge in [0.05, 0.1) is 11.9 Å². The molecule has 21 heavy (non-hydrogen) atoms. The molecule has 1 unspecified atom stereocenters. The summed E-state index contributed by atoms with van der Waals surface area (Å²) >= 11 is 0. The third-order valence-electron chi connectivity index (χ3n) is 3.52. The van der Waals surface area contributed by atoms with Crippen LogP contribution in [0.2, 0.25) is 0 Å². The summed E-state index contributed by atoms with van der Waals surface area (Å²) in [7, 11) is 1.82. The van der Waals surface area contributed by atoms with Crippen LogP contribution in [0.4, 0.5) is 5.69 Å². The molecule has 0 aliphatic rings. The number of carbonyl (C=O) groups is 1. The fourth-order valence-electron chi connectivity index (χ4n) is 2.12. The van der Waals surface area contributed by atoms with Crippen molar-refractivity contribution < 1.29 is 4.79 Å². The maximum atomic E-state index is 12.0. The normalized spacial score (nSPS) is 11.7. The maximum absolute atomic E-state index is 12.0. The lowest BCUT2D eigenvalue weighted by Gasteiger charge is -2.12. The summed E-state index contributed by atoms with van der Waals surface area (Å²) in [4.78, 5) is 16.1. The fourth-order valence-corrected chi connectivity index (χ4v) is 2.12. The van der Waals surface area contributed by atoms with Gasteiger partial charge in [0.1, 0.15) is 5.69 Å². The van der Waals surface area contributed by atoms with Crippen molar-refractivity contribution in [2.24, 2.45) is 0 Å². The van der Waals surface area contributed by atoms with E-state index in [1.807, 2.05) is 31.3 Å². The van der Waals surface area contributed by atoms with Crippen LogP contribution in [-0.4, -0.2) is 24.5 Å². The summed E-state index contributed by atoms with van der Waals surface area (Å²) in [6, 6.07) is 13.9. The van der Waals surface area contributed by atoms with Gasteiger partial charge in [0, 0.05) is 13.6 Å². The molecule has 1 amide bonds. The van der Waals surface area contributed by atoms with E-state index in [1.54, 1.807) is 12.3 Å². The Kier molecular flexibility index (Phi) is 5.32. The topological polar surface area (TPSA) is 54.0 Å². The van der Waals surface area contributed by atoms with Crippen molar-refractivity contribution in [3.05, 3.63) is 59.9 Å². The SMILES string of the molecule is CNc1ccc(C(=O)NCCC(C)c2ccccc2)nc1. The number of pyridine rings is 1. The van der Waals surface area contributed by atoms with E-state index in [1.165, 1.54) is 5.56 Å². The molecule has 1 aromatic carbocycles. The standard InChI is InChI=1S/C17H21N3O/c1-13(14-6-4-3-5-7-14)10-11-19-17(21)16-9-8-15(18-2)12-20-16/h3-9,12-13,18H,10-11H2,1-2H3,(H,19,21). The molecule has 4 heteroatoms. The Morgan fingerprint density at radius 1 is 1.19 bits per heavy atom. The summed E-state index contributed by atoms with van der Waals surface area (Å²) in [5, 5.41) is 5.89. The molecule has 2 aromatic rings. The molecule has 0 saturated carbocycles. The zero-order valence-electron chi connectivity index (χ0n) is 12.5. The molecule has 0 spiro atoms. The van der Waals surface area contributed by atoms with Crippen molar-refractivity contribution in [1.29, 1.82) is 0 Å². The molecule has 0 saturated heterocycles. The number of benzene rings is 1. The van der Waals surface area contributed by atoms with Gasteiger partial charge in [-0.2, -0.15) is 0 Å². The molecule has 110 valence electrons. The number of rotatable bonds is 6. The average molecular weight is 283 g/mol. The second-order valence-corrected chi connectivity index (χ2v) is 5.04. The van der Waals surface area contributed by atoms with Crippen molar-refractivity contribution in [1.82, 2.24) is 10.3 Å². The third kappa shape index (κ3) is 4.31. The van der Waals surface area contributed by atoms with E-state index in [2.05, 4.69) is 34.7 Å². The highest BCUT2D eigenvalue weighted by molar-refractivity contribution is 5.92. The second-order valence-electron chi connectivity index (χ2n) is 5.04.